The molecule has 0 fully saturated rings. The van der Waals surface area contributed by atoms with E-state index in [9.17, 15) is 0 Å². The number of nitrogens with zero attached hydrogens (tertiary/aromatic N) is 5. The molecule has 0 saturated carbocycles. The van der Waals surface area contributed by atoms with Gasteiger partial charge in [-0.15, -0.1) is 20.4 Å². The van der Waals surface area contributed by atoms with Gasteiger partial charge in [0.1, 0.15) is 11.5 Å². The van der Waals surface area contributed by atoms with Crippen molar-refractivity contribution in [2.24, 2.45) is 0 Å². The molecule has 3 heterocycles. The van der Waals surface area contributed by atoms with E-state index in [1.165, 1.54) is 11.8 Å². The van der Waals surface area contributed by atoms with Crippen molar-refractivity contribution in [3.63, 3.8) is 0 Å². The quantitative estimate of drug-likeness (QED) is 0.266. The Morgan fingerprint density at radius 1 is 0.970 bits per heavy atom. The summed E-state index contributed by atoms with van der Waals surface area (Å²) in [6.07, 6.45) is 1.65. The zero-order valence-electron chi connectivity index (χ0n) is 17.5. The molecule has 0 aliphatic heterocycles. The fourth-order valence-corrected chi connectivity index (χ4v) is 4.12. The molecule has 0 saturated heterocycles. The number of benzene rings is 2. The number of furan rings is 1. The van der Waals surface area contributed by atoms with Crippen LogP contribution in [0.25, 0.3) is 22.8 Å². The van der Waals surface area contributed by atoms with E-state index in [1.54, 1.807) is 25.5 Å². The fourth-order valence-electron chi connectivity index (χ4n) is 3.22. The van der Waals surface area contributed by atoms with Crippen molar-refractivity contribution in [3.05, 3.63) is 83.6 Å². The van der Waals surface area contributed by atoms with Crippen molar-refractivity contribution < 1.29 is 13.6 Å². The Hall–Kier alpha value is -3.56. The number of thioether (sulfide) groups is 1. The third-order valence-corrected chi connectivity index (χ3v) is 6.03. The first-order valence-corrected chi connectivity index (χ1v) is 11.4. The second-order valence-electron chi connectivity index (χ2n) is 7.00. The summed E-state index contributed by atoms with van der Waals surface area (Å²) in [5.74, 6) is 3.62. The number of rotatable bonds is 8. The zero-order valence-corrected chi connectivity index (χ0v) is 19.1. The molecule has 0 aliphatic rings. The molecule has 0 aliphatic carbocycles. The lowest BCUT2D eigenvalue weighted by Crippen LogP contribution is -2.03. The first kappa shape index (κ1) is 21.3. The summed E-state index contributed by atoms with van der Waals surface area (Å²) in [5, 5.41) is 18.5. The molecule has 3 aromatic heterocycles. The molecular formula is C23H18ClN5O3S. The summed E-state index contributed by atoms with van der Waals surface area (Å²) < 4.78 is 18.7. The van der Waals surface area contributed by atoms with Gasteiger partial charge in [-0.25, -0.2) is 0 Å². The summed E-state index contributed by atoms with van der Waals surface area (Å²) in [4.78, 5) is 0. The molecule has 33 heavy (non-hydrogen) atoms. The highest BCUT2D eigenvalue weighted by molar-refractivity contribution is 7.98. The lowest BCUT2D eigenvalue weighted by Gasteiger charge is -2.09. The zero-order chi connectivity index (χ0) is 22.6. The Morgan fingerprint density at radius 2 is 1.85 bits per heavy atom. The van der Waals surface area contributed by atoms with Crippen LogP contribution in [0.4, 0.5) is 0 Å². The SMILES string of the molecule is COc1cccc(-c2nnc(SCc3nnc(-c4ccc(Cl)cc4)o3)n2Cc2ccco2)c1. The Morgan fingerprint density at radius 3 is 2.64 bits per heavy atom. The molecule has 0 atom stereocenters. The Bertz CT molecular complexity index is 1350. The number of hydrogen-bond acceptors (Lipinski definition) is 8. The number of ether oxygens (including phenoxy) is 1. The minimum Gasteiger partial charge on any atom is -0.497 e. The summed E-state index contributed by atoms with van der Waals surface area (Å²) >= 11 is 7.41. The van der Waals surface area contributed by atoms with Gasteiger partial charge in [-0.3, -0.25) is 4.57 Å². The average molecular weight is 480 g/mol. The number of hydrogen-bond donors (Lipinski definition) is 0. The van der Waals surface area contributed by atoms with E-state index in [0.29, 0.717) is 40.1 Å². The molecule has 166 valence electrons. The second kappa shape index (κ2) is 9.51. The van der Waals surface area contributed by atoms with Gasteiger partial charge < -0.3 is 13.6 Å². The van der Waals surface area contributed by atoms with Crippen LogP contribution >= 0.6 is 23.4 Å². The number of halogens is 1. The normalized spacial score (nSPS) is 11.1. The van der Waals surface area contributed by atoms with Crippen LogP contribution in [-0.2, 0) is 12.3 Å². The van der Waals surface area contributed by atoms with Crippen LogP contribution in [0.5, 0.6) is 5.75 Å². The third-order valence-electron chi connectivity index (χ3n) is 4.82. The van der Waals surface area contributed by atoms with Crippen molar-refractivity contribution >= 4 is 23.4 Å². The van der Waals surface area contributed by atoms with Gasteiger partial charge in [0, 0.05) is 16.1 Å². The van der Waals surface area contributed by atoms with Gasteiger partial charge in [-0.05, 0) is 48.5 Å². The standard InChI is InChI=1S/C23H18ClN5O3S/c1-30-18-5-2-4-16(12-18)21-26-28-23(29(21)13-19-6-3-11-31-19)33-14-20-25-27-22(32-20)15-7-9-17(24)10-8-15/h2-12H,13-14H2,1H3. The van der Waals surface area contributed by atoms with Crippen LogP contribution in [0.1, 0.15) is 11.7 Å². The molecule has 10 heteroatoms. The third kappa shape index (κ3) is 4.79. The molecule has 0 amide bonds. The minimum atomic E-state index is 0.439. The van der Waals surface area contributed by atoms with Gasteiger partial charge in [-0.1, -0.05) is 35.5 Å². The van der Waals surface area contributed by atoms with Crippen LogP contribution in [-0.4, -0.2) is 32.1 Å². The van der Waals surface area contributed by atoms with Crippen molar-refractivity contribution in [2.75, 3.05) is 7.11 Å². The monoisotopic (exact) mass is 479 g/mol. The molecule has 0 spiro atoms. The van der Waals surface area contributed by atoms with Gasteiger partial charge in [0.25, 0.3) is 0 Å². The molecule has 8 nitrogen and oxygen atoms in total. The molecule has 0 unspecified atom stereocenters. The number of aromatic nitrogens is 5. The van der Waals surface area contributed by atoms with Crippen LogP contribution in [0, 0.1) is 0 Å². The summed E-state index contributed by atoms with van der Waals surface area (Å²) in [7, 11) is 1.64. The van der Waals surface area contributed by atoms with E-state index >= 15 is 0 Å². The maximum atomic E-state index is 5.95. The van der Waals surface area contributed by atoms with Crippen molar-refractivity contribution in [1.29, 1.82) is 0 Å². The number of methoxy groups -OCH3 is 1. The molecular weight excluding hydrogens is 462 g/mol. The summed E-state index contributed by atoms with van der Waals surface area (Å²) in [5.41, 5.74) is 1.70. The van der Waals surface area contributed by atoms with E-state index < -0.39 is 0 Å². The summed E-state index contributed by atoms with van der Waals surface area (Å²) in [6, 6.07) is 18.7. The molecule has 2 aromatic carbocycles. The maximum Gasteiger partial charge on any atom is 0.247 e. The predicted molar refractivity (Wildman–Crippen MR) is 124 cm³/mol. The van der Waals surface area contributed by atoms with E-state index in [4.69, 9.17) is 25.2 Å². The lowest BCUT2D eigenvalue weighted by atomic mass is 10.2. The van der Waals surface area contributed by atoms with Crippen LogP contribution in [0.2, 0.25) is 5.02 Å². The van der Waals surface area contributed by atoms with Gasteiger partial charge in [0.05, 0.1) is 25.7 Å². The molecule has 5 rings (SSSR count). The van der Waals surface area contributed by atoms with Crippen LogP contribution in [0.3, 0.4) is 0 Å². The van der Waals surface area contributed by atoms with Gasteiger partial charge in [-0.2, -0.15) is 0 Å². The topological polar surface area (TPSA) is 92.0 Å². The maximum absolute atomic E-state index is 5.95. The van der Waals surface area contributed by atoms with E-state index in [2.05, 4.69) is 20.4 Å². The van der Waals surface area contributed by atoms with Gasteiger partial charge in [0.2, 0.25) is 11.8 Å². The van der Waals surface area contributed by atoms with E-state index in [-0.39, 0.29) is 0 Å². The largest absolute Gasteiger partial charge is 0.497 e. The highest BCUT2D eigenvalue weighted by atomic mass is 35.5. The van der Waals surface area contributed by atoms with E-state index in [0.717, 1.165) is 22.6 Å². The molecule has 0 radical (unpaired) electrons. The lowest BCUT2D eigenvalue weighted by molar-refractivity contribution is 0.415. The van der Waals surface area contributed by atoms with Gasteiger partial charge in [0.15, 0.2) is 11.0 Å². The second-order valence-corrected chi connectivity index (χ2v) is 8.38. The van der Waals surface area contributed by atoms with Crippen LogP contribution < -0.4 is 4.74 Å². The predicted octanol–water partition coefficient (Wildman–Crippen LogP) is 5.59. The van der Waals surface area contributed by atoms with Crippen LogP contribution in [0.15, 0.2) is 80.9 Å². The fraction of sp³-hybridized carbons (Fsp3) is 0.130. The molecule has 5 aromatic rings. The van der Waals surface area contributed by atoms with Crippen molar-refractivity contribution in [3.8, 4) is 28.6 Å². The first-order valence-electron chi connectivity index (χ1n) is 10.0. The Kier molecular flexibility index (Phi) is 6.14. The Labute approximate surface area is 198 Å². The van der Waals surface area contributed by atoms with Gasteiger partial charge >= 0.3 is 0 Å². The highest BCUT2D eigenvalue weighted by Crippen LogP contribution is 2.29. The minimum absolute atomic E-state index is 0.439. The van der Waals surface area contributed by atoms with Crippen molar-refractivity contribution in [2.45, 2.75) is 17.5 Å². The van der Waals surface area contributed by atoms with E-state index in [1.807, 2.05) is 53.1 Å². The average Bonchev–Trinajstić information content (AvgIpc) is 3.60. The summed E-state index contributed by atoms with van der Waals surface area (Å²) in [6.45, 7) is 0.481. The Balaban J connectivity index is 1.40. The smallest absolute Gasteiger partial charge is 0.247 e. The first-order chi connectivity index (χ1) is 16.2. The molecule has 0 bridgehead atoms. The van der Waals surface area contributed by atoms with Crippen molar-refractivity contribution in [1.82, 2.24) is 25.0 Å². The highest BCUT2D eigenvalue weighted by Gasteiger charge is 2.18. The molecule has 0 N–H and O–H groups in total.